The Balaban J connectivity index is 1.94. The van der Waals surface area contributed by atoms with Gasteiger partial charge in [-0.1, -0.05) is 0 Å². The van der Waals surface area contributed by atoms with Gasteiger partial charge in [-0.15, -0.1) is 0 Å². The molecule has 8 heavy (non-hydrogen) atoms. The van der Waals surface area contributed by atoms with Gasteiger partial charge in [-0.3, -0.25) is 0 Å². The Labute approximate surface area is 52.0 Å². The van der Waals surface area contributed by atoms with Gasteiger partial charge >= 0.3 is 51.4 Å². The molecule has 4 rings (SSSR count). The first kappa shape index (κ1) is 4.23. The Morgan fingerprint density at radius 3 is 2.12 bits per heavy atom. The van der Waals surface area contributed by atoms with Crippen LogP contribution in [0.1, 0.15) is 20.3 Å². The second-order valence-electron chi connectivity index (χ2n) is 3.53. The fourth-order valence-electron chi connectivity index (χ4n) is 3.38. The molecule has 4 fully saturated rings. The summed E-state index contributed by atoms with van der Waals surface area (Å²) in [7, 11) is 1.75. The molecular weight excluding hydrogens is 153 g/mol. The molecule has 1 spiro atoms. The van der Waals surface area contributed by atoms with Gasteiger partial charge in [0.25, 0.3) is 0 Å². The van der Waals surface area contributed by atoms with E-state index in [1.165, 1.54) is 9.28 Å². The van der Waals surface area contributed by atoms with Crippen LogP contribution in [-0.4, -0.2) is 9.28 Å². The molecule has 0 nitrogen and oxygen atoms in total. The van der Waals surface area contributed by atoms with Gasteiger partial charge in [-0.25, -0.2) is 0 Å². The van der Waals surface area contributed by atoms with Crippen molar-refractivity contribution in [2.24, 2.45) is 0 Å². The van der Waals surface area contributed by atoms with Crippen molar-refractivity contribution in [3.63, 3.8) is 0 Å². The minimum atomic E-state index is -0.0893. The molecule has 0 radical (unpaired) electrons. The van der Waals surface area contributed by atoms with Crippen LogP contribution < -0.4 is 0 Å². The van der Waals surface area contributed by atoms with Crippen LogP contribution in [0.3, 0.4) is 0 Å². The van der Waals surface area contributed by atoms with E-state index in [4.69, 9.17) is 0 Å². The van der Waals surface area contributed by atoms with Crippen LogP contribution in [0.15, 0.2) is 0 Å². The van der Waals surface area contributed by atoms with E-state index >= 15 is 0 Å². The van der Waals surface area contributed by atoms with Gasteiger partial charge in [0.1, 0.15) is 0 Å². The van der Waals surface area contributed by atoms with E-state index in [1.54, 1.807) is 6.42 Å². The maximum absolute atomic E-state index is 2.61. The molecule has 44 valence electrons. The normalized spacial score (nSPS) is 93.2. The van der Waals surface area contributed by atoms with Crippen LogP contribution in [0.4, 0.5) is 0 Å². The molecule has 4 aliphatic heterocycles. The van der Waals surface area contributed by atoms with Crippen molar-refractivity contribution in [1.82, 2.24) is 0 Å². The molecular formula is C5H9P3. The summed E-state index contributed by atoms with van der Waals surface area (Å²) >= 11 is 0. The summed E-state index contributed by atoms with van der Waals surface area (Å²) in [5.74, 6) is 0. The zero-order valence-electron chi connectivity index (χ0n) is 5.10. The van der Waals surface area contributed by atoms with Gasteiger partial charge in [0.15, 0.2) is 0 Å². The standard InChI is InChI=1S/C5H9P3/c1-3-5-6-4(2)7(5)8(4,5)6/h8H,3H2,1-2H3. The summed E-state index contributed by atoms with van der Waals surface area (Å²) in [5.41, 5.74) is 0. The third kappa shape index (κ3) is 0.114. The summed E-state index contributed by atoms with van der Waals surface area (Å²) in [6.45, 7) is 4.95. The van der Waals surface area contributed by atoms with Crippen LogP contribution >= 0.6 is 21.9 Å². The average Bonchev–Trinajstić information content (AvgIpc) is 2.48. The maximum atomic E-state index is 2.61. The molecule has 4 heterocycles. The van der Waals surface area contributed by atoms with Crippen molar-refractivity contribution in [2.45, 2.75) is 29.5 Å². The van der Waals surface area contributed by atoms with E-state index in [2.05, 4.69) is 13.8 Å². The Bertz CT molecular complexity index is 212. The molecule has 0 aromatic heterocycles. The number of rotatable bonds is 1. The number of hydrogen-bond acceptors (Lipinski definition) is 0. The number of hydrogen-bond donors (Lipinski definition) is 0. The summed E-state index contributed by atoms with van der Waals surface area (Å²) in [5, 5.41) is 0. The zero-order chi connectivity index (χ0) is 5.36. The first-order valence-corrected chi connectivity index (χ1v) is 9.77. The number of fused-ring (bicyclic) bond motifs is 4. The summed E-state index contributed by atoms with van der Waals surface area (Å²) in [6, 6.07) is 0. The Morgan fingerprint density at radius 2 is 2.00 bits per heavy atom. The van der Waals surface area contributed by atoms with Crippen molar-refractivity contribution < 1.29 is 0 Å². The quantitative estimate of drug-likeness (QED) is 0.518. The predicted molar refractivity (Wildman–Crippen MR) is 43.6 cm³/mol. The van der Waals surface area contributed by atoms with Crippen molar-refractivity contribution in [3.8, 4) is 0 Å². The monoisotopic (exact) mass is 162 g/mol. The summed E-state index contributed by atoms with van der Waals surface area (Å²) < 4.78 is 2.53. The molecule has 0 bridgehead atoms. The third-order valence-corrected chi connectivity index (χ3v) is 38.2. The molecule has 0 N–H and O–H groups in total. The topological polar surface area (TPSA) is 0 Å². The molecule has 3 heteroatoms. The first-order chi connectivity index (χ1) is 3.79. The summed E-state index contributed by atoms with van der Waals surface area (Å²) in [6.07, 6.45) is 1.62. The van der Waals surface area contributed by atoms with E-state index in [9.17, 15) is 0 Å². The summed E-state index contributed by atoms with van der Waals surface area (Å²) in [4.78, 5) is 0. The molecule has 2 unspecified atom stereocenters. The van der Waals surface area contributed by atoms with Crippen LogP contribution in [0.2, 0.25) is 0 Å². The van der Waals surface area contributed by atoms with Crippen LogP contribution in [0.5, 0.6) is 0 Å². The molecule has 4 aliphatic rings. The molecule has 0 aromatic carbocycles. The molecule has 0 aliphatic carbocycles. The van der Waals surface area contributed by atoms with E-state index in [0.29, 0.717) is 0 Å². The second-order valence-corrected chi connectivity index (χ2v) is 21.5. The van der Waals surface area contributed by atoms with Gasteiger partial charge in [0.05, 0.1) is 0 Å². The predicted octanol–water partition coefficient (Wildman–Crippen LogP) is 3.32. The Morgan fingerprint density at radius 1 is 1.50 bits per heavy atom. The fourth-order valence-corrected chi connectivity index (χ4v) is 55.9. The third-order valence-electron chi connectivity index (χ3n) is 3.77. The van der Waals surface area contributed by atoms with E-state index in [1.807, 2.05) is 0 Å². The van der Waals surface area contributed by atoms with Gasteiger partial charge in [-0.05, 0) is 0 Å². The van der Waals surface area contributed by atoms with Crippen LogP contribution in [0.25, 0.3) is 0 Å². The molecule has 4 saturated heterocycles. The average molecular weight is 162 g/mol. The van der Waals surface area contributed by atoms with Gasteiger partial charge in [-0.2, -0.15) is 0 Å². The van der Waals surface area contributed by atoms with E-state index < -0.39 is 0 Å². The van der Waals surface area contributed by atoms with E-state index in [-0.39, 0.29) is 6.64 Å². The van der Waals surface area contributed by atoms with E-state index in [0.717, 1.165) is 15.2 Å². The SMILES string of the molecule is CCC12P3C4(C)P1[PH]342. The van der Waals surface area contributed by atoms with Gasteiger partial charge in [0, 0.05) is 0 Å². The fraction of sp³-hybridized carbons (Fsp3) is 1.00. The Hall–Kier alpha value is 1.29. The second kappa shape index (κ2) is 0.637. The van der Waals surface area contributed by atoms with Gasteiger partial charge in [0.2, 0.25) is 0 Å². The molecule has 0 amide bonds. The Kier molecular flexibility index (Phi) is 0.337. The molecule has 2 atom stereocenters. The van der Waals surface area contributed by atoms with Crippen molar-refractivity contribution in [3.05, 3.63) is 0 Å². The zero-order valence-corrected chi connectivity index (χ0v) is 7.89. The van der Waals surface area contributed by atoms with Crippen LogP contribution in [-0.2, 0) is 0 Å². The molecule has 0 saturated carbocycles. The minimum absolute atomic E-state index is 0.0893. The van der Waals surface area contributed by atoms with Crippen molar-refractivity contribution in [1.29, 1.82) is 0 Å². The van der Waals surface area contributed by atoms with Crippen LogP contribution in [0, 0.1) is 0 Å². The van der Waals surface area contributed by atoms with Crippen molar-refractivity contribution in [2.75, 3.05) is 0 Å². The molecule has 0 aromatic rings. The van der Waals surface area contributed by atoms with Gasteiger partial charge < -0.3 is 0 Å². The first-order valence-electron chi connectivity index (χ1n) is 3.40. The van der Waals surface area contributed by atoms with Crippen molar-refractivity contribution >= 4 is 21.9 Å².